The number of aliphatic hydroxyl groups is 1. The summed E-state index contributed by atoms with van der Waals surface area (Å²) >= 11 is 0. The van der Waals surface area contributed by atoms with Crippen LogP contribution in [0.15, 0.2) is 0 Å². The Morgan fingerprint density at radius 1 is 1.75 bits per heavy atom. The molecule has 0 spiro atoms. The Balaban J connectivity index is 0. The van der Waals surface area contributed by atoms with Crippen molar-refractivity contribution in [2.24, 2.45) is 0 Å². The second kappa shape index (κ2) is 9.74. The molecule has 0 aliphatic heterocycles. The lowest BCUT2D eigenvalue weighted by Crippen LogP contribution is -1.57. The Labute approximate surface area is 36.8 Å². The molecule has 0 radical (unpaired) electrons. The van der Waals surface area contributed by atoms with Crippen molar-refractivity contribution in [2.75, 3.05) is 6.61 Å². The minimum atomic E-state index is 0. The van der Waals surface area contributed by atoms with Crippen LogP contribution in [0.1, 0.15) is 6.92 Å². The molecule has 1 N–H and O–H groups in total. The topological polar surface area (TPSA) is 20.2 Å². The highest BCUT2D eigenvalue weighted by atomic mass is 27.0. The van der Waals surface area contributed by atoms with Crippen molar-refractivity contribution in [3.05, 3.63) is 0 Å². The Kier molecular flexibility index (Phi) is 21.5. The molecule has 0 rings (SSSR count). The molecule has 0 fully saturated rings. The third-order valence-electron chi connectivity index (χ3n) is 0. The van der Waals surface area contributed by atoms with Crippen LogP contribution in [-0.4, -0.2) is 29.1 Å². The van der Waals surface area contributed by atoms with Crippen LogP contribution >= 0.6 is 0 Å². The summed E-state index contributed by atoms with van der Waals surface area (Å²) in [6.07, 6.45) is 0. The number of hydrogen-bond donors (Lipinski definition) is 1. The molecule has 0 aliphatic carbocycles. The predicted molar refractivity (Wildman–Crippen MR) is 22.7 cm³/mol. The fourth-order valence-electron chi connectivity index (χ4n) is 0. The third kappa shape index (κ3) is 22.9. The van der Waals surface area contributed by atoms with Crippen molar-refractivity contribution in [3.63, 3.8) is 0 Å². The molecule has 4 heavy (non-hydrogen) atoms. The zero-order chi connectivity index (χ0) is 2.71. The van der Waals surface area contributed by atoms with Gasteiger partial charge in [-0.2, -0.15) is 0 Å². The van der Waals surface area contributed by atoms with Crippen LogP contribution in [0.3, 0.4) is 0 Å². The molecular weight excluding hydrogens is 67.0 g/mol. The van der Waals surface area contributed by atoms with E-state index in [1.54, 1.807) is 6.92 Å². The molecule has 0 aromatic carbocycles. The molecule has 1 nitrogen and oxygen atoms in total. The van der Waals surface area contributed by atoms with E-state index < -0.39 is 0 Å². The Morgan fingerprint density at radius 2 is 1.75 bits per heavy atom. The normalized spacial score (nSPS) is 4.50. The highest BCUT2D eigenvalue weighted by molar-refractivity contribution is 5.75. The van der Waals surface area contributed by atoms with Crippen LogP contribution in [0, 0.1) is 0 Å². The zero-order valence-electron chi connectivity index (χ0n) is 2.15. The smallest absolute Gasteiger partial charge is 0.187 e. The fourth-order valence-corrected chi connectivity index (χ4v) is 0. The lowest BCUT2D eigenvalue weighted by Gasteiger charge is -1.52. The highest BCUT2D eigenvalue weighted by Crippen LogP contribution is 1.30. The van der Waals surface area contributed by atoms with Crippen molar-refractivity contribution >= 4 is 17.4 Å². The lowest BCUT2D eigenvalue weighted by atomic mass is 10.9. The molecule has 0 bridgehead atoms. The van der Waals surface area contributed by atoms with Gasteiger partial charge in [-0.15, -0.1) is 0 Å². The molecule has 2 heteroatoms. The third-order valence-corrected chi connectivity index (χ3v) is 0. The van der Waals surface area contributed by atoms with E-state index in [0.717, 1.165) is 0 Å². The minimum Gasteiger partial charge on any atom is -0.397 e. The molecule has 26 valence electrons. The van der Waals surface area contributed by atoms with Crippen LogP contribution in [0.25, 0.3) is 0 Å². The SMILES string of the molecule is CCO.[AlH3]. The van der Waals surface area contributed by atoms with Crippen LogP contribution in [0.4, 0.5) is 0 Å². The van der Waals surface area contributed by atoms with E-state index in [-0.39, 0.29) is 24.0 Å². The van der Waals surface area contributed by atoms with Gasteiger partial charge in [0.05, 0.1) is 0 Å². The molecule has 0 aromatic rings. The summed E-state index contributed by atoms with van der Waals surface area (Å²) in [5.41, 5.74) is 0. The maximum Gasteiger partial charge on any atom is 0.187 e. The maximum atomic E-state index is 7.57. The van der Waals surface area contributed by atoms with Crippen molar-refractivity contribution in [3.8, 4) is 0 Å². The van der Waals surface area contributed by atoms with E-state index in [0.29, 0.717) is 0 Å². The van der Waals surface area contributed by atoms with Gasteiger partial charge in [-0.25, -0.2) is 0 Å². The Bertz CT molecular complexity index is 6.00. The zero-order valence-corrected chi connectivity index (χ0v) is 2.15. The number of aliphatic hydroxyl groups excluding tert-OH is 1. The summed E-state index contributed by atoms with van der Waals surface area (Å²) < 4.78 is 0. The van der Waals surface area contributed by atoms with Gasteiger partial charge in [0.25, 0.3) is 0 Å². The van der Waals surface area contributed by atoms with Gasteiger partial charge in [-0.3, -0.25) is 0 Å². The first-order chi connectivity index (χ1) is 1.41. The first kappa shape index (κ1) is 8.82. The summed E-state index contributed by atoms with van der Waals surface area (Å²) in [5, 5.41) is 7.57. The van der Waals surface area contributed by atoms with Crippen molar-refractivity contribution in [1.82, 2.24) is 0 Å². The second-order valence-electron chi connectivity index (χ2n) is 0.316. The molecular formula is C2H9AlO. The number of rotatable bonds is 0. The maximum absolute atomic E-state index is 7.57. The summed E-state index contributed by atoms with van der Waals surface area (Å²) in [5.74, 6) is 0. The van der Waals surface area contributed by atoms with Gasteiger partial charge in [-0.1, -0.05) is 0 Å². The number of hydrogen-bond acceptors (Lipinski definition) is 1. The van der Waals surface area contributed by atoms with Gasteiger partial charge in [0.1, 0.15) is 0 Å². The monoisotopic (exact) mass is 76.0 g/mol. The van der Waals surface area contributed by atoms with Gasteiger partial charge in [-0.05, 0) is 6.92 Å². The molecule has 0 amide bonds. The summed E-state index contributed by atoms with van der Waals surface area (Å²) in [6.45, 7) is 1.93. The summed E-state index contributed by atoms with van der Waals surface area (Å²) in [7, 11) is 0. The molecule has 0 saturated carbocycles. The average molecular weight is 76.1 g/mol. The van der Waals surface area contributed by atoms with Crippen molar-refractivity contribution in [1.29, 1.82) is 0 Å². The van der Waals surface area contributed by atoms with Gasteiger partial charge < -0.3 is 5.11 Å². The van der Waals surface area contributed by atoms with Crippen LogP contribution in [0.5, 0.6) is 0 Å². The van der Waals surface area contributed by atoms with E-state index in [1.807, 2.05) is 0 Å². The van der Waals surface area contributed by atoms with Crippen LogP contribution in [-0.2, 0) is 0 Å². The summed E-state index contributed by atoms with van der Waals surface area (Å²) in [6, 6.07) is 0. The van der Waals surface area contributed by atoms with Gasteiger partial charge in [0.2, 0.25) is 0 Å². The van der Waals surface area contributed by atoms with E-state index in [1.165, 1.54) is 0 Å². The molecule has 0 saturated heterocycles. The highest BCUT2D eigenvalue weighted by Gasteiger charge is 1.34. The Hall–Kier alpha value is 0.492. The predicted octanol–water partition coefficient (Wildman–Crippen LogP) is -1.19. The first-order valence-electron chi connectivity index (χ1n) is 1.02. The van der Waals surface area contributed by atoms with Crippen molar-refractivity contribution in [2.45, 2.75) is 6.92 Å². The average Bonchev–Trinajstić information content (AvgIpc) is 0.918. The van der Waals surface area contributed by atoms with E-state index >= 15 is 0 Å². The molecule has 0 aromatic heterocycles. The molecule has 0 atom stereocenters. The second-order valence-corrected chi connectivity index (χ2v) is 0.316. The van der Waals surface area contributed by atoms with Crippen LogP contribution in [0.2, 0.25) is 0 Å². The quantitative estimate of drug-likeness (QED) is 0.360. The van der Waals surface area contributed by atoms with Gasteiger partial charge in [0.15, 0.2) is 17.4 Å². The molecule has 0 heterocycles. The largest absolute Gasteiger partial charge is 0.397 e. The van der Waals surface area contributed by atoms with Crippen molar-refractivity contribution < 1.29 is 5.11 Å². The van der Waals surface area contributed by atoms with Crippen LogP contribution < -0.4 is 0 Å². The van der Waals surface area contributed by atoms with Gasteiger partial charge >= 0.3 is 0 Å². The summed E-state index contributed by atoms with van der Waals surface area (Å²) in [4.78, 5) is 0. The van der Waals surface area contributed by atoms with E-state index in [4.69, 9.17) is 5.11 Å². The van der Waals surface area contributed by atoms with E-state index in [2.05, 4.69) is 0 Å². The lowest BCUT2D eigenvalue weighted by molar-refractivity contribution is 0.318. The fraction of sp³-hybridized carbons (Fsp3) is 1.00. The van der Waals surface area contributed by atoms with Gasteiger partial charge in [0, 0.05) is 6.61 Å². The molecule has 0 aliphatic rings. The first-order valence-corrected chi connectivity index (χ1v) is 1.02. The van der Waals surface area contributed by atoms with E-state index in [9.17, 15) is 0 Å². The molecule has 0 unspecified atom stereocenters. The Morgan fingerprint density at radius 3 is 1.75 bits per heavy atom. The standard InChI is InChI=1S/C2H6O.Al.3H/c1-2-3;;;;/h3H,2H2,1H3;;;;. The minimum absolute atomic E-state index is 0.